The van der Waals surface area contributed by atoms with Crippen molar-refractivity contribution in [3.8, 4) is 11.4 Å². The van der Waals surface area contributed by atoms with Crippen molar-refractivity contribution in [1.29, 1.82) is 0 Å². The standard InChI is InChI=1S/C10H10IN3/c1-7-12-13-10(14(7)2)8-3-5-9(11)6-4-8/h3-6H,1-2H3. The summed E-state index contributed by atoms with van der Waals surface area (Å²) in [5.74, 6) is 1.84. The zero-order chi connectivity index (χ0) is 10.1. The average Bonchev–Trinajstić information content (AvgIpc) is 2.50. The molecule has 0 radical (unpaired) electrons. The highest BCUT2D eigenvalue weighted by Crippen LogP contribution is 2.18. The van der Waals surface area contributed by atoms with E-state index in [-0.39, 0.29) is 0 Å². The molecule has 0 N–H and O–H groups in total. The quantitative estimate of drug-likeness (QED) is 0.757. The van der Waals surface area contributed by atoms with Crippen LogP contribution in [0.1, 0.15) is 5.82 Å². The minimum absolute atomic E-state index is 0.916. The van der Waals surface area contributed by atoms with Crippen molar-refractivity contribution in [3.63, 3.8) is 0 Å². The first kappa shape index (κ1) is 9.64. The van der Waals surface area contributed by atoms with E-state index >= 15 is 0 Å². The SMILES string of the molecule is Cc1nnc(-c2ccc(I)cc2)n1C. The Hall–Kier alpha value is -0.910. The molecule has 0 aliphatic carbocycles. The Kier molecular flexibility index (Phi) is 2.54. The van der Waals surface area contributed by atoms with Gasteiger partial charge in [0.1, 0.15) is 5.82 Å². The molecule has 1 heterocycles. The fourth-order valence-corrected chi connectivity index (χ4v) is 1.62. The lowest BCUT2D eigenvalue weighted by Crippen LogP contribution is -1.94. The molecular weight excluding hydrogens is 289 g/mol. The van der Waals surface area contributed by atoms with Gasteiger partial charge in [0.05, 0.1) is 0 Å². The van der Waals surface area contributed by atoms with Crippen molar-refractivity contribution in [1.82, 2.24) is 14.8 Å². The van der Waals surface area contributed by atoms with Crippen molar-refractivity contribution in [2.24, 2.45) is 7.05 Å². The van der Waals surface area contributed by atoms with Crippen LogP contribution in [0.5, 0.6) is 0 Å². The van der Waals surface area contributed by atoms with Crippen LogP contribution in [-0.4, -0.2) is 14.8 Å². The predicted molar refractivity (Wildman–Crippen MR) is 63.9 cm³/mol. The van der Waals surface area contributed by atoms with Gasteiger partial charge in [-0.15, -0.1) is 10.2 Å². The Bertz CT molecular complexity index is 445. The summed E-state index contributed by atoms with van der Waals surface area (Å²) in [6.07, 6.45) is 0. The van der Waals surface area contributed by atoms with Crippen molar-refractivity contribution in [2.45, 2.75) is 6.92 Å². The van der Waals surface area contributed by atoms with E-state index in [0.717, 1.165) is 17.2 Å². The third-order valence-electron chi connectivity index (χ3n) is 2.19. The molecule has 1 aromatic heterocycles. The van der Waals surface area contributed by atoms with Gasteiger partial charge in [-0.1, -0.05) is 12.1 Å². The van der Waals surface area contributed by atoms with Gasteiger partial charge in [0.2, 0.25) is 0 Å². The molecule has 0 spiro atoms. The molecule has 0 unspecified atom stereocenters. The summed E-state index contributed by atoms with van der Waals surface area (Å²) >= 11 is 2.29. The number of halogens is 1. The van der Waals surface area contributed by atoms with Crippen LogP contribution in [0.3, 0.4) is 0 Å². The van der Waals surface area contributed by atoms with Crippen molar-refractivity contribution >= 4 is 22.6 Å². The van der Waals surface area contributed by atoms with Crippen LogP contribution >= 0.6 is 22.6 Å². The van der Waals surface area contributed by atoms with E-state index in [4.69, 9.17) is 0 Å². The normalized spacial score (nSPS) is 10.5. The molecule has 0 fully saturated rings. The van der Waals surface area contributed by atoms with Gasteiger partial charge in [0.15, 0.2) is 5.82 Å². The van der Waals surface area contributed by atoms with Gasteiger partial charge < -0.3 is 4.57 Å². The van der Waals surface area contributed by atoms with Crippen LogP contribution in [-0.2, 0) is 7.05 Å². The Morgan fingerprint density at radius 3 is 2.29 bits per heavy atom. The maximum Gasteiger partial charge on any atom is 0.163 e. The number of hydrogen-bond donors (Lipinski definition) is 0. The van der Waals surface area contributed by atoms with Gasteiger partial charge in [0, 0.05) is 16.2 Å². The molecule has 0 saturated heterocycles. The fraction of sp³-hybridized carbons (Fsp3) is 0.200. The maximum absolute atomic E-state index is 4.13. The number of benzene rings is 1. The van der Waals surface area contributed by atoms with Crippen molar-refractivity contribution < 1.29 is 0 Å². The molecule has 2 aromatic rings. The lowest BCUT2D eigenvalue weighted by Gasteiger charge is -2.01. The van der Waals surface area contributed by atoms with Gasteiger partial charge in [-0.3, -0.25) is 0 Å². The molecule has 0 aliphatic heterocycles. The van der Waals surface area contributed by atoms with Crippen LogP contribution in [0.25, 0.3) is 11.4 Å². The average molecular weight is 299 g/mol. The zero-order valence-electron chi connectivity index (χ0n) is 8.03. The second-order valence-corrected chi connectivity index (χ2v) is 4.38. The Morgan fingerprint density at radius 1 is 1.14 bits per heavy atom. The summed E-state index contributed by atoms with van der Waals surface area (Å²) in [5, 5.41) is 8.15. The smallest absolute Gasteiger partial charge is 0.163 e. The van der Waals surface area contributed by atoms with E-state index in [0.29, 0.717) is 0 Å². The predicted octanol–water partition coefficient (Wildman–Crippen LogP) is 2.40. The number of nitrogens with zero attached hydrogens (tertiary/aromatic N) is 3. The summed E-state index contributed by atoms with van der Waals surface area (Å²) in [4.78, 5) is 0. The van der Waals surface area contributed by atoms with Gasteiger partial charge >= 0.3 is 0 Å². The summed E-state index contributed by atoms with van der Waals surface area (Å²) in [6.45, 7) is 1.95. The third-order valence-corrected chi connectivity index (χ3v) is 2.91. The first-order chi connectivity index (χ1) is 6.68. The summed E-state index contributed by atoms with van der Waals surface area (Å²) in [7, 11) is 1.97. The molecule has 0 amide bonds. The minimum Gasteiger partial charge on any atom is -0.314 e. The third kappa shape index (κ3) is 1.66. The van der Waals surface area contributed by atoms with Crippen molar-refractivity contribution in [3.05, 3.63) is 33.7 Å². The molecule has 72 valence electrons. The molecule has 2 rings (SSSR count). The monoisotopic (exact) mass is 299 g/mol. The summed E-state index contributed by atoms with van der Waals surface area (Å²) in [5.41, 5.74) is 1.11. The minimum atomic E-state index is 0.916. The first-order valence-corrected chi connectivity index (χ1v) is 5.38. The zero-order valence-corrected chi connectivity index (χ0v) is 10.2. The number of aromatic nitrogens is 3. The number of rotatable bonds is 1. The van der Waals surface area contributed by atoms with E-state index in [2.05, 4.69) is 57.1 Å². The lowest BCUT2D eigenvalue weighted by molar-refractivity contribution is 0.865. The number of aryl methyl sites for hydroxylation is 1. The van der Waals surface area contributed by atoms with E-state index in [1.807, 2.05) is 18.5 Å². The highest BCUT2D eigenvalue weighted by Gasteiger charge is 2.06. The van der Waals surface area contributed by atoms with Crippen LogP contribution in [0.15, 0.2) is 24.3 Å². The largest absolute Gasteiger partial charge is 0.314 e. The Labute approximate surface area is 96.3 Å². The van der Waals surface area contributed by atoms with Crippen molar-refractivity contribution in [2.75, 3.05) is 0 Å². The molecule has 14 heavy (non-hydrogen) atoms. The molecule has 0 atom stereocenters. The molecule has 3 nitrogen and oxygen atoms in total. The highest BCUT2D eigenvalue weighted by atomic mass is 127. The summed E-state index contributed by atoms with van der Waals surface area (Å²) < 4.78 is 3.22. The van der Waals surface area contributed by atoms with Gasteiger partial charge in [-0.2, -0.15) is 0 Å². The highest BCUT2D eigenvalue weighted by molar-refractivity contribution is 14.1. The maximum atomic E-state index is 4.13. The first-order valence-electron chi connectivity index (χ1n) is 4.30. The molecule has 4 heteroatoms. The van der Waals surface area contributed by atoms with Crippen LogP contribution in [0.4, 0.5) is 0 Å². The molecular formula is C10H10IN3. The molecule has 0 saturated carbocycles. The van der Waals surface area contributed by atoms with E-state index in [1.165, 1.54) is 3.57 Å². The molecule has 0 bridgehead atoms. The van der Waals surface area contributed by atoms with Crippen LogP contribution in [0, 0.1) is 10.5 Å². The molecule has 0 aliphatic rings. The van der Waals surface area contributed by atoms with E-state index < -0.39 is 0 Å². The summed E-state index contributed by atoms with van der Waals surface area (Å²) in [6, 6.07) is 8.26. The van der Waals surface area contributed by atoms with E-state index in [9.17, 15) is 0 Å². The van der Waals surface area contributed by atoms with Gasteiger partial charge in [-0.05, 0) is 41.6 Å². The van der Waals surface area contributed by atoms with Crippen LogP contribution < -0.4 is 0 Å². The Balaban J connectivity index is 2.49. The molecule has 1 aromatic carbocycles. The topological polar surface area (TPSA) is 30.7 Å². The van der Waals surface area contributed by atoms with E-state index in [1.54, 1.807) is 0 Å². The van der Waals surface area contributed by atoms with Gasteiger partial charge in [-0.25, -0.2) is 0 Å². The Morgan fingerprint density at radius 2 is 1.79 bits per heavy atom. The number of hydrogen-bond acceptors (Lipinski definition) is 2. The second-order valence-electron chi connectivity index (χ2n) is 3.14. The van der Waals surface area contributed by atoms with Gasteiger partial charge in [0.25, 0.3) is 0 Å². The fourth-order valence-electron chi connectivity index (χ4n) is 1.26. The lowest BCUT2D eigenvalue weighted by atomic mass is 10.2. The van der Waals surface area contributed by atoms with Crippen LogP contribution in [0.2, 0.25) is 0 Å². The second kappa shape index (κ2) is 3.68.